The number of nitro groups is 1. The van der Waals surface area contributed by atoms with Crippen LogP contribution in [0.25, 0.3) is 10.9 Å². The number of H-pyrrole nitrogens is 1. The molecule has 1 N–H and O–H groups in total. The van der Waals surface area contributed by atoms with Gasteiger partial charge in [0.15, 0.2) is 0 Å². The topological polar surface area (TPSA) is 96.3 Å². The van der Waals surface area contributed by atoms with Crippen LogP contribution in [0.4, 0.5) is 5.69 Å². The van der Waals surface area contributed by atoms with E-state index in [0.717, 1.165) is 39.7 Å². The molecule has 0 radical (unpaired) electrons. The monoisotopic (exact) mass is 425 g/mol. The molecule has 7 nitrogen and oxygen atoms in total. The van der Waals surface area contributed by atoms with Crippen LogP contribution in [0.3, 0.4) is 0 Å². The lowest BCUT2D eigenvalue weighted by Crippen LogP contribution is -2.26. The maximum Gasteiger partial charge on any atom is 0.270 e. The SMILES string of the molecule is CC1=C(N(C)S(=O)(=O)c2ccc(C)cc2)CC[C@H]1c1c[nH]c2ccc([N+](=O)[O-])cc12. The lowest BCUT2D eigenvalue weighted by molar-refractivity contribution is -0.384. The van der Waals surface area contributed by atoms with Crippen molar-refractivity contribution in [2.75, 3.05) is 7.05 Å². The second kappa shape index (κ2) is 7.28. The van der Waals surface area contributed by atoms with E-state index < -0.39 is 14.9 Å². The number of fused-ring (bicyclic) bond motifs is 1. The third-order valence-corrected chi connectivity index (χ3v) is 7.80. The molecule has 0 unspecified atom stereocenters. The minimum absolute atomic E-state index is 0.00595. The van der Waals surface area contributed by atoms with Gasteiger partial charge >= 0.3 is 0 Å². The van der Waals surface area contributed by atoms with Crippen LogP contribution < -0.4 is 0 Å². The first-order valence-electron chi connectivity index (χ1n) is 9.71. The number of nitrogens with zero attached hydrogens (tertiary/aromatic N) is 2. The Morgan fingerprint density at radius 3 is 2.50 bits per heavy atom. The molecule has 2 aromatic carbocycles. The number of benzene rings is 2. The van der Waals surface area contributed by atoms with Gasteiger partial charge in [-0.2, -0.15) is 0 Å². The third kappa shape index (κ3) is 3.27. The smallest absolute Gasteiger partial charge is 0.270 e. The van der Waals surface area contributed by atoms with Crippen molar-refractivity contribution in [2.45, 2.75) is 37.5 Å². The van der Waals surface area contributed by atoms with Crippen molar-refractivity contribution in [3.05, 3.63) is 81.2 Å². The lowest BCUT2D eigenvalue weighted by Gasteiger charge is -2.22. The molecule has 156 valence electrons. The highest BCUT2D eigenvalue weighted by molar-refractivity contribution is 7.89. The Morgan fingerprint density at radius 1 is 1.13 bits per heavy atom. The summed E-state index contributed by atoms with van der Waals surface area (Å²) in [5.74, 6) is 0.00595. The van der Waals surface area contributed by atoms with Gasteiger partial charge in [-0.3, -0.25) is 14.4 Å². The maximum absolute atomic E-state index is 13.1. The molecule has 0 fully saturated rings. The van der Waals surface area contributed by atoms with Crippen molar-refractivity contribution in [3.8, 4) is 0 Å². The number of aromatic amines is 1. The molecule has 1 heterocycles. The molecule has 0 aliphatic heterocycles. The number of rotatable bonds is 5. The van der Waals surface area contributed by atoms with Crippen molar-refractivity contribution in [2.24, 2.45) is 0 Å². The standard InChI is InChI=1S/C22H23N3O4S/c1-14-4-7-17(8-5-14)30(28,29)24(3)22-11-9-18(15(22)2)20-13-23-21-10-6-16(25(26)27)12-19(20)21/h4-8,10,12-13,18,23H,9,11H2,1-3H3/t18-/m1/s1. The van der Waals surface area contributed by atoms with Gasteiger partial charge in [0.2, 0.25) is 0 Å². The Balaban J connectivity index is 1.72. The summed E-state index contributed by atoms with van der Waals surface area (Å²) in [4.78, 5) is 14.2. The van der Waals surface area contributed by atoms with E-state index >= 15 is 0 Å². The largest absolute Gasteiger partial charge is 0.361 e. The van der Waals surface area contributed by atoms with Crippen LogP contribution in [0.2, 0.25) is 0 Å². The molecular weight excluding hydrogens is 402 g/mol. The Bertz CT molecular complexity index is 1270. The van der Waals surface area contributed by atoms with Crippen molar-refractivity contribution in [1.29, 1.82) is 0 Å². The van der Waals surface area contributed by atoms with E-state index in [-0.39, 0.29) is 16.5 Å². The van der Waals surface area contributed by atoms with Crippen molar-refractivity contribution in [1.82, 2.24) is 9.29 Å². The predicted molar refractivity (Wildman–Crippen MR) is 116 cm³/mol. The predicted octanol–water partition coefficient (Wildman–Crippen LogP) is 4.86. The fourth-order valence-electron chi connectivity index (χ4n) is 4.24. The van der Waals surface area contributed by atoms with Gasteiger partial charge in [-0.05, 0) is 56.0 Å². The quantitative estimate of drug-likeness (QED) is 0.466. The normalized spacial score (nSPS) is 17.0. The third-order valence-electron chi connectivity index (χ3n) is 5.99. The number of non-ortho nitro benzene ring substituents is 1. The van der Waals surface area contributed by atoms with Crippen molar-refractivity contribution >= 4 is 26.6 Å². The van der Waals surface area contributed by atoms with Gasteiger partial charge in [-0.15, -0.1) is 0 Å². The van der Waals surface area contributed by atoms with E-state index in [1.807, 2.05) is 20.0 Å². The zero-order valence-corrected chi connectivity index (χ0v) is 17.9. The minimum Gasteiger partial charge on any atom is -0.361 e. The molecule has 1 aromatic heterocycles. The number of hydrogen-bond donors (Lipinski definition) is 1. The molecule has 0 saturated heterocycles. The summed E-state index contributed by atoms with van der Waals surface area (Å²) < 4.78 is 27.6. The summed E-state index contributed by atoms with van der Waals surface area (Å²) in [5.41, 5.74) is 4.59. The molecule has 0 amide bonds. The Hall–Kier alpha value is -3.13. The van der Waals surface area contributed by atoms with Gasteiger partial charge in [0.05, 0.1) is 9.82 Å². The summed E-state index contributed by atoms with van der Waals surface area (Å²) in [6, 6.07) is 11.6. The molecular formula is C22H23N3O4S. The highest BCUT2D eigenvalue weighted by Gasteiger charge is 2.32. The van der Waals surface area contributed by atoms with Crippen molar-refractivity contribution in [3.63, 3.8) is 0 Å². The molecule has 1 aliphatic rings. The van der Waals surface area contributed by atoms with Crippen LogP contribution in [0.15, 0.2) is 64.8 Å². The van der Waals surface area contributed by atoms with E-state index in [4.69, 9.17) is 0 Å². The number of sulfonamides is 1. The summed E-state index contributed by atoms with van der Waals surface area (Å²) in [6.45, 7) is 3.87. The van der Waals surface area contributed by atoms with Gasteiger partial charge in [0.25, 0.3) is 15.7 Å². The van der Waals surface area contributed by atoms with E-state index in [1.54, 1.807) is 43.4 Å². The number of hydrogen-bond acceptors (Lipinski definition) is 4. The van der Waals surface area contributed by atoms with E-state index in [0.29, 0.717) is 6.42 Å². The van der Waals surface area contributed by atoms with Crippen molar-refractivity contribution < 1.29 is 13.3 Å². The first kappa shape index (κ1) is 20.2. The molecule has 30 heavy (non-hydrogen) atoms. The summed E-state index contributed by atoms with van der Waals surface area (Å²) in [5, 5.41) is 12.0. The average molecular weight is 426 g/mol. The van der Waals surface area contributed by atoms with Gasteiger partial charge in [0, 0.05) is 47.9 Å². The molecule has 0 saturated carbocycles. The van der Waals surface area contributed by atoms with Gasteiger partial charge < -0.3 is 4.98 Å². The number of nitrogens with one attached hydrogen (secondary N) is 1. The first-order valence-corrected chi connectivity index (χ1v) is 11.1. The summed E-state index contributed by atoms with van der Waals surface area (Å²) in [7, 11) is -2.05. The second-order valence-electron chi connectivity index (χ2n) is 7.74. The van der Waals surface area contributed by atoms with E-state index in [2.05, 4.69) is 4.98 Å². The second-order valence-corrected chi connectivity index (χ2v) is 9.71. The molecule has 3 aromatic rings. The average Bonchev–Trinajstić information content (AvgIpc) is 3.30. The molecule has 0 bridgehead atoms. The number of nitro benzene ring substituents is 1. The van der Waals surface area contributed by atoms with Crippen LogP contribution in [-0.4, -0.2) is 29.7 Å². The van der Waals surface area contributed by atoms with Gasteiger partial charge in [0.1, 0.15) is 0 Å². The first-order chi connectivity index (χ1) is 14.2. The fourth-order valence-corrected chi connectivity index (χ4v) is 5.56. The number of aromatic nitrogens is 1. The maximum atomic E-state index is 13.1. The summed E-state index contributed by atoms with van der Waals surface area (Å²) >= 11 is 0. The zero-order chi connectivity index (χ0) is 21.6. The lowest BCUT2D eigenvalue weighted by atomic mass is 9.93. The molecule has 4 rings (SSSR count). The van der Waals surface area contributed by atoms with Crippen LogP contribution in [-0.2, 0) is 10.0 Å². The van der Waals surface area contributed by atoms with Gasteiger partial charge in [-0.25, -0.2) is 8.42 Å². The van der Waals surface area contributed by atoms with Crippen LogP contribution in [0.1, 0.15) is 36.8 Å². The highest BCUT2D eigenvalue weighted by atomic mass is 32.2. The summed E-state index contributed by atoms with van der Waals surface area (Å²) in [6.07, 6.45) is 3.25. The molecule has 8 heteroatoms. The Morgan fingerprint density at radius 2 is 1.83 bits per heavy atom. The zero-order valence-electron chi connectivity index (χ0n) is 17.0. The van der Waals surface area contributed by atoms with E-state index in [9.17, 15) is 18.5 Å². The van der Waals surface area contributed by atoms with Gasteiger partial charge in [-0.1, -0.05) is 17.7 Å². The Kier molecular flexibility index (Phi) is 4.89. The van der Waals surface area contributed by atoms with Crippen LogP contribution >= 0.6 is 0 Å². The Labute approximate surface area is 175 Å². The fraction of sp³-hybridized carbons (Fsp3) is 0.273. The van der Waals surface area contributed by atoms with E-state index in [1.165, 1.54) is 10.4 Å². The number of aryl methyl sites for hydroxylation is 1. The van der Waals surface area contributed by atoms with Crippen LogP contribution in [0.5, 0.6) is 0 Å². The minimum atomic E-state index is -3.65. The highest BCUT2D eigenvalue weighted by Crippen LogP contribution is 2.44. The molecule has 0 spiro atoms. The number of allylic oxidation sites excluding steroid dienone is 2. The van der Waals surface area contributed by atoms with Crippen LogP contribution in [0, 0.1) is 17.0 Å². The molecule has 1 atom stereocenters. The molecule has 1 aliphatic carbocycles.